The lowest BCUT2D eigenvalue weighted by atomic mass is 10.0. The molecule has 0 spiro atoms. The first-order chi connectivity index (χ1) is 7.70. The molecule has 1 aliphatic heterocycles. The molecule has 0 radical (unpaired) electrons. The Morgan fingerprint density at radius 1 is 1.69 bits per heavy atom. The van der Waals surface area contributed by atoms with Crippen LogP contribution in [0.5, 0.6) is 0 Å². The van der Waals surface area contributed by atoms with Gasteiger partial charge in [-0.1, -0.05) is 0 Å². The fourth-order valence-corrected chi connectivity index (χ4v) is 2.13. The van der Waals surface area contributed by atoms with E-state index >= 15 is 0 Å². The number of rotatable bonds is 2. The Hall–Kier alpha value is -1.60. The van der Waals surface area contributed by atoms with E-state index in [9.17, 15) is 0 Å². The lowest BCUT2D eigenvalue weighted by molar-refractivity contribution is 0.488. The molecule has 0 saturated carbocycles. The average Bonchev–Trinajstić information content (AvgIpc) is 2.78. The quantitative estimate of drug-likeness (QED) is 0.804. The van der Waals surface area contributed by atoms with Crippen LogP contribution < -0.4 is 10.6 Å². The van der Waals surface area contributed by atoms with Crippen LogP contribution in [0.4, 0.5) is 5.69 Å². The Morgan fingerprint density at radius 2 is 2.50 bits per heavy atom. The summed E-state index contributed by atoms with van der Waals surface area (Å²) in [5.41, 5.74) is 7.45. The number of hydrogen-bond donors (Lipinski definition) is 1. The van der Waals surface area contributed by atoms with Crippen molar-refractivity contribution in [3.05, 3.63) is 24.0 Å². The highest BCUT2D eigenvalue weighted by Crippen LogP contribution is 2.25. The van der Waals surface area contributed by atoms with Gasteiger partial charge in [-0.05, 0) is 31.4 Å². The first-order valence-corrected chi connectivity index (χ1v) is 5.57. The number of pyridine rings is 1. The largest absolute Gasteiger partial charge is 0.371 e. The van der Waals surface area contributed by atoms with E-state index in [4.69, 9.17) is 11.0 Å². The van der Waals surface area contributed by atoms with E-state index in [1.54, 1.807) is 6.20 Å². The fraction of sp³-hybridized carbons (Fsp3) is 0.500. The molecule has 16 heavy (non-hydrogen) atoms. The Morgan fingerprint density at radius 3 is 3.12 bits per heavy atom. The van der Waals surface area contributed by atoms with Gasteiger partial charge in [0.05, 0.1) is 0 Å². The molecular formula is C12H16N4. The third-order valence-corrected chi connectivity index (χ3v) is 3.19. The van der Waals surface area contributed by atoms with Crippen LogP contribution in [-0.2, 0) is 0 Å². The summed E-state index contributed by atoms with van der Waals surface area (Å²) in [7, 11) is 0. The fourth-order valence-electron chi connectivity index (χ4n) is 2.13. The van der Waals surface area contributed by atoms with Crippen LogP contribution in [0.25, 0.3) is 0 Å². The molecule has 2 unspecified atom stereocenters. The standard InChI is InChI=1S/C12H16N4/c1-9(14)10-3-5-16(8-10)12-2-4-15-11(6-12)7-13/h2,4,6,9-10H,3,5,8,14H2,1H3. The van der Waals surface area contributed by atoms with Crippen LogP contribution in [0.15, 0.2) is 18.3 Å². The van der Waals surface area contributed by atoms with Gasteiger partial charge < -0.3 is 10.6 Å². The van der Waals surface area contributed by atoms with Crippen LogP contribution >= 0.6 is 0 Å². The van der Waals surface area contributed by atoms with Gasteiger partial charge >= 0.3 is 0 Å². The summed E-state index contributed by atoms with van der Waals surface area (Å²) in [5, 5.41) is 8.79. The smallest absolute Gasteiger partial charge is 0.142 e. The van der Waals surface area contributed by atoms with Crippen LogP contribution in [0.3, 0.4) is 0 Å². The lowest BCUT2D eigenvalue weighted by Crippen LogP contribution is -2.29. The molecule has 4 nitrogen and oxygen atoms in total. The summed E-state index contributed by atoms with van der Waals surface area (Å²) >= 11 is 0. The molecule has 84 valence electrons. The van der Waals surface area contributed by atoms with E-state index in [-0.39, 0.29) is 6.04 Å². The van der Waals surface area contributed by atoms with Crippen molar-refractivity contribution in [1.82, 2.24) is 4.98 Å². The van der Waals surface area contributed by atoms with Crippen molar-refractivity contribution in [1.29, 1.82) is 5.26 Å². The molecule has 2 heterocycles. The molecule has 4 heteroatoms. The number of nitrogens with zero attached hydrogens (tertiary/aromatic N) is 3. The van der Waals surface area contributed by atoms with Crippen LogP contribution in [0.1, 0.15) is 19.0 Å². The van der Waals surface area contributed by atoms with Crippen molar-refractivity contribution in [2.45, 2.75) is 19.4 Å². The van der Waals surface area contributed by atoms with Crippen molar-refractivity contribution in [3.8, 4) is 6.07 Å². The predicted octanol–water partition coefficient (Wildman–Crippen LogP) is 1.13. The van der Waals surface area contributed by atoms with Gasteiger partial charge in [0.2, 0.25) is 0 Å². The molecule has 1 aromatic rings. The molecule has 0 aromatic carbocycles. The zero-order valence-electron chi connectivity index (χ0n) is 9.43. The first-order valence-electron chi connectivity index (χ1n) is 5.57. The van der Waals surface area contributed by atoms with Crippen molar-refractivity contribution in [3.63, 3.8) is 0 Å². The number of aromatic nitrogens is 1. The minimum absolute atomic E-state index is 0.238. The topological polar surface area (TPSA) is 65.9 Å². The Labute approximate surface area is 95.7 Å². The summed E-state index contributed by atoms with van der Waals surface area (Å²) in [4.78, 5) is 6.25. The van der Waals surface area contributed by atoms with Gasteiger partial charge in [-0.3, -0.25) is 0 Å². The summed E-state index contributed by atoms with van der Waals surface area (Å²) in [6.45, 7) is 4.05. The van der Waals surface area contributed by atoms with Crippen LogP contribution in [0, 0.1) is 17.2 Å². The number of nitrogens with two attached hydrogens (primary N) is 1. The second-order valence-electron chi connectivity index (χ2n) is 4.36. The maximum absolute atomic E-state index is 8.79. The third kappa shape index (κ3) is 2.15. The van der Waals surface area contributed by atoms with Gasteiger partial charge in [-0.15, -0.1) is 0 Å². The second-order valence-corrected chi connectivity index (χ2v) is 4.36. The second kappa shape index (κ2) is 4.50. The molecule has 1 fully saturated rings. The molecule has 0 amide bonds. The van der Waals surface area contributed by atoms with Crippen molar-refractivity contribution in [2.24, 2.45) is 11.7 Å². The third-order valence-electron chi connectivity index (χ3n) is 3.19. The monoisotopic (exact) mass is 216 g/mol. The van der Waals surface area contributed by atoms with Crippen molar-refractivity contribution < 1.29 is 0 Å². The van der Waals surface area contributed by atoms with Gasteiger partial charge in [-0.25, -0.2) is 4.98 Å². The number of nitriles is 1. The highest BCUT2D eigenvalue weighted by atomic mass is 15.2. The number of hydrogen-bond acceptors (Lipinski definition) is 4. The van der Waals surface area contributed by atoms with Crippen molar-refractivity contribution in [2.75, 3.05) is 18.0 Å². The maximum atomic E-state index is 8.79. The average molecular weight is 216 g/mol. The Kier molecular flexibility index (Phi) is 3.07. The van der Waals surface area contributed by atoms with Crippen molar-refractivity contribution >= 4 is 5.69 Å². The highest BCUT2D eigenvalue weighted by Gasteiger charge is 2.25. The summed E-state index contributed by atoms with van der Waals surface area (Å²) in [5.74, 6) is 0.554. The van der Waals surface area contributed by atoms with Gasteiger partial charge in [0.25, 0.3) is 0 Å². The lowest BCUT2D eigenvalue weighted by Gasteiger charge is -2.19. The van der Waals surface area contributed by atoms with E-state index in [0.29, 0.717) is 11.6 Å². The molecule has 0 aliphatic carbocycles. The molecule has 1 aliphatic rings. The Bertz CT molecular complexity index is 408. The van der Waals surface area contributed by atoms with Gasteiger partial charge in [0.15, 0.2) is 0 Å². The molecule has 1 saturated heterocycles. The maximum Gasteiger partial charge on any atom is 0.142 e. The molecule has 0 bridgehead atoms. The first kappa shape index (κ1) is 10.9. The van der Waals surface area contributed by atoms with Crippen LogP contribution in [0.2, 0.25) is 0 Å². The SMILES string of the molecule is CC(N)C1CCN(c2ccnc(C#N)c2)C1. The minimum atomic E-state index is 0.238. The van der Waals surface area contributed by atoms with Crippen LogP contribution in [-0.4, -0.2) is 24.1 Å². The zero-order chi connectivity index (χ0) is 11.5. The summed E-state index contributed by atoms with van der Waals surface area (Å²) in [6.07, 6.45) is 2.81. The van der Waals surface area contributed by atoms with Gasteiger partial charge in [0.1, 0.15) is 11.8 Å². The molecule has 1 aromatic heterocycles. The van der Waals surface area contributed by atoms with Gasteiger partial charge in [0, 0.05) is 31.0 Å². The molecule has 2 N–H and O–H groups in total. The zero-order valence-corrected chi connectivity index (χ0v) is 9.43. The number of anilines is 1. The summed E-state index contributed by atoms with van der Waals surface area (Å²) in [6, 6.07) is 6.09. The van der Waals surface area contributed by atoms with E-state index in [2.05, 4.69) is 22.9 Å². The Balaban J connectivity index is 2.12. The molecule has 2 atom stereocenters. The summed E-state index contributed by atoms with van der Waals surface area (Å²) < 4.78 is 0. The van der Waals surface area contributed by atoms with Gasteiger partial charge in [-0.2, -0.15) is 5.26 Å². The molecule has 2 rings (SSSR count). The predicted molar refractivity (Wildman–Crippen MR) is 62.9 cm³/mol. The minimum Gasteiger partial charge on any atom is -0.371 e. The van der Waals surface area contributed by atoms with E-state index < -0.39 is 0 Å². The van der Waals surface area contributed by atoms with E-state index in [1.807, 2.05) is 12.1 Å². The normalized spacial score (nSPS) is 21.8. The van der Waals surface area contributed by atoms with E-state index in [1.165, 1.54) is 0 Å². The molecular weight excluding hydrogens is 200 g/mol. The highest BCUT2D eigenvalue weighted by molar-refractivity contribution is 5.49. The van der Waals surface area contributed by atoms with E-state index in [0.717, 1.165) is 25.2 Å².